The van der Waals surface area contributed by atoms with Gasteiger partial charge in [-0.3, -0.25) is 9.69 Å². The lowest BCUT2D eigenvalue weighted by Gasteiger charge is -2.22. The van der Waals surface area contributed by atoms with Crippen LogP contribution in [-0.2, 0) is 0 Å². The average Bonchev–Trinajstić information content (AvgIpc) is 2.76. The molecule has 1 aliphatic rings. The van der Waals surface area contributed by atoms with Crippen molar-refractivity contribution in [2.45, 2.75) is 32.2 Å². The maximum atomic E-state index is 13.5. The van der Waals surface area contributed by atoms with Gasteiger partial charge in [0.1, 0.15) is 5.82 Å². The Morgan fingerprint density at radius 1 is 1.47 bits per heavy atom. The molecular weight excluding hydrogens is 217 g/mol. The smallest absolute Gasteiger partial charge is 0.179 e. The fourth-order valence-electron chi connectivity index (χ4n) is 2.52. The standard InChI is InChI=1S/C14H18FNO/c1-2-11-6-5-9-16(11)10-14(17)12-7-3-4-8-13(12)15/h3-4,7-8,11H,2,5-6,9-10H2,1H3. The van der Waals surface area contributed by atoms with E-state index in [-0.39, 0.29) is 11.3 Å². The molecule has 1 saturated heterocycles. The summed E-state index contributed by atoms with van der Waals surface area (Å²) in [6.45, 7) is 3.44. The van der Waals surface area contributed by atoms with Crippen LogP contribution in [0, 0.1) is 5.82 Å². The summed E-state index contributed by atoms with van der Waals surface area (Å²) in [5.41, 5.74) is 0.217. The Bertz CT molecular complexity index is 405. The molecule has 1 unspecified atom stereocenters. The summed E-state index contributed by atoms with van der Waals surface area (Å²) in [7, 11) is 0. The van der Waals surface area contributed by atoms with Gasteiger partial charge in [-0.1, -0.05) is 19.1 Å². The number of benzene rings is 1. The van der Waals surface area contributed by atoms with Crippen molar-refractivity contribution in [3.63, 3.8) is 0 Å². The Labute approximate surface area is 101 Å². The van der Waals surface area contributed by atoms with Crippen molar-refractivity contribution in [3.05, 3.63) is 35.6 Å². The van der Waals surface area contributed by atoms with Crippen LogP contribution < -0.4 is 0 Å². The lowest BCUT2D eigenvalue weighted by molar-refractivity contribution is 0.0916. The average molecular weight is 235 g/mol. The van der Waals surface area contributed by atoms with Gasteiger partial charge in [0.15, 0.2) is 5.78 Å². The first-order valence-electron chi connectivity index (χ1n) is 6.24. The van der Waals surface area contributed by atoms with E-state index in [0.29, 0.717) is 12.6 Å². The third kappa shape index (κ3) is 2.72. The molecule has 17 heavy (non-hydrogen) atoms. The molecule has 0 N–H and O–H groups in total. The maximum Gasteiger partial charge on any atom is 0.179 e. The highest BCUT2D eigenvalue weighted by Gasteiger charge is 2.25. The van der Waals surface area contributed by atoms with E-state index in [9.17, 15) is 9.18 Å². The molecule has 2 rings (SSSR count). The zero-order valence-electron chi connectivity index (χ0n) is 10.2. The number of Topliss-reactive ketones (excluding diaryl/α,β-unsaturated/α-hetero) is 1. The van der Waals surface area contributed by atoms with Crippen LogP contribution in [0.15, 0.2) is 24.3 Å². The summed E-state index contributed by atoms with van der Waals surface area (Å²) in [6, 6.07) is 6.71. The topological polar surface area (TPSA) is 20.3 Å². The Hall–Kier alpha value is -1.22. The first-order chi connectivity index (χ1) is 8.22. The van der Waals surface area contributed by atoms with Crippen molar-refractivity contribution in [1.82, 2.24) is 4.90 Å². The molecule has 0 aromatic heterocycles. The monoisotopic (exact) mass is 235 g/mol. The molecule has 0 spiro atoms. The molecule has 2 nitrogen and oxygen atoms in total. The number of carbonyl (C=O) groups is 1. The van der Waals surface area contributed by atoms with Crippen LogP contribution in [0.1, 0.15) is 36.5 Å². The minimum atomic E-state index is -0.412. The third-order valence-electron chi connectivity index (χ3n) is 3.49. The van der Waals surface area contributed by atoms with Gasteiger partial charge in [-0.2, -0.15) is 0 Å². The van der Waals surface area contributed by atoms with Gasteiger partial charge in [0.25, 0.3) is 0 Å². The molecule has 1 aromatic carbocycles. The zero-order valence-corrected chi connectivity index (χ0v) is 10.2. The van der Waals surface area contributed by atoms with Crippen molar-refractivity contribution < 1.29 is 9.18 Å². The van der Waals surface area contributed by atoms with Crippen molar-refractivity contribution in [2.75, 3.05) is 13.1 Å². The third-order valence-corrected chi connectivity index (χ3v) is 3.49. The number of rotatable bonds is 4. The Morgan fingerprint density at radius 3 is 2.94 bits per heavy atom. The Kier molecular flexibility index (Phi) is 3.89. The highest BCUT2D eigenvalue weighted by atomic mass is 19.1. The summed E-state index contributed by atoms with van der Waals surface area (Å²) in [4.78, 5) is 14.2. The molecule has 3 heteroatoms. The number of halogens is 1. The quantitative estimate of drug-likeness (QED) is 0.748. The van der Waals surface area contributed by atoms with Gasteiger partial charge >= 0.3 is 0 Å². The fourth-order valence-corrected chi connectivity index (χ4v) is 2.52. The predicted octanol–water partition coefficient (Wildman–Crippen LogP) is 2.88. The van der Waals surface area contributed by atoms with Crippen LogP contribution in [0.5, 0.6) is 0 Å². The molecule has 0 aliphatic carbocycles. The number of hydrogen-bond acceptors (Lipinski definition) is 2. The van der Waals surface area contributed by atoms with Crippen LogP contribution in [0.25, 0.3) is 0 Å². The lowest BCUT2D eigenvalue weighted by atomic mass is 10.1. The van der Waals surface area contributed by atoms with Gasteiger partial charge in [-0.05, 0) is 37.9 Å². The molecule has 1 atom stereocenters. The van der Waals surface area contributed by atoms with Crippen LogP contribution in [-0.4, -0.2) is 29.8 Å². The SMILES string of the molecule is CCC1CCCN1CC(=O)c1ccccc1F. The molecule has 1 heterocycles. The molecule has 1 aliphatic heterocycles. The van der Waals surface area contributed by atoms with Gasteiger partial charge in [0.2, 0.25) is 0 Å². The normalized spacial score (nSPS) is 20.7. The van der Waals surface area contributed by atoms with Crippen molar-refractivity contribution in [2.24, 2.45) is 0 Å². The number of hydrogen-bond donors (Lipinski definition) is 0. The van der Waals surface area contributed by atoms with E-state index in [1.165, 1.54) is 6.07 Å². The van der Waals surface area contributed by atoms with Gasteiger partial charge < -0.3 is 0 Å². The molecule has 0 saturated carbocycles. The largest absolute Gasteiger partial charge is 0.293 e. The molecular formula is C14H18FNO. The molecule has 0 radical (unpaired) electrons. The highest BCUT2D eigenvalue weighted by Crippen LogP contribution is 2.20. The molecule has 0 bridgehead atoms. The summed E-state index contributed by atoms with van der Waals surface area (Å²) in [6.07, 6.45) is 3.36. The second kappa shape index (κ2) is 5.41. The first kappa shape index (κ1) is 12.2. The summed E-state index contributed by atoms with van der Waals surface area (Å²) in [5, 5.41) is 0. The van der Waals surface area contributed by atoms with E-state index in [0.717, 1.165) is 25.8 Å². The highest BCUT2D eigenvalue weighted by molar-refractivity contribution is 5.97. The van der Waals surface area contributed by atoms with Crippen LogP contribution in [0.2, 0.25) is 0 Å². The number of carbonyl (C=O) groups excluding carboxylic acids is 1. The minimum absolute atomic E-state index is 0.108. The van der Waals surface area contributed by atoms with Gasteiger partial charge in [0, 0.05) is 6.04 Å². The fraction of sp³-hybridized carbons (Fsp3) is 0.500. The Balaban J connectivity index is 2.04. The maximum absolute atomic E-state index is 13.5. The van der Waals surface area contributed by atoms with Crippen LogP contribution >= 0.6 is 0 Å². The zero-order chi connectivity index (χ0) is 12.3. The van der Waals surface area contributed by atoms with Crippen molar-refractivity contribution in [1.29, 1.82) is 0 Å². The predicted molar refractivity (Wildman–Crippen MR) is 65.6 cm³/mol. The molecule has 1 aromatic rings. The van der Waals surface area contributed by atoms with E-state index in [4.69, 9.17) is 0 Å². The lowest BCUT2D eigenvalue weighted by Crippen LogP contribution is -2.34. The first-order valence-corrected chi connectivity index (χ1v) is 6.24. The number of nitrogens with zero attached hydrogens (tertiary/aromatic N) is 1. The van der Waals surface area contributed by atoms with Crippen molar-refractivity contribution >= 4 is 5.78 Å². The van der Waals surface area contributed by atoms with E-state index >= 15 is 0 Å². The number of likely N-dealkylation sites (tertiary alicyclic amines) is 1. The molecule has 1 fully saturated rings. The van der Waals surface area contributed by atoms with Gasteiger partial charge in [-0.25, -0.2) is 4.39 Å². The van der Waals surface area contributed by atoms with Crippen LogP contribution in [0.4, 0.5) is 4.39 Å². The molecule has 0 amide bonds. The van der Waals surface area contributed by atoms with E-state index in [1.807, 2.05) is 0 Å². The Morgan fingerprint density at radius 2 is 2.24 bits per heavy atom. The van der Waals surface area contributed by atoms with Gasteiger partial charge in [-0.15, -0.1) is 0 Å². The second-order valence-corrected chi connectivity index (χ2v) is 4.58. The molecule has 92 valence electrons. The van der Waals surface area contributed by atoms with Gasteiger partial charge in [0.05, 0.1) is 12.1 Å². The van der Waals surface area contributed by atoms with E-state index in [2.05, 4.69) is 11.8 Å². The van der Waals surface area contributed by atoms with Crippen LogP contribution in [0.3, 0.4) is 0 Å². The number of ketones is 1. The van der Waals surface area contributed by atoms with Crippen molar-refractivity contribution in [3.8, 4) is 0 Å². The van der Waals surface area contributed by atoms with E-state index < -0.39 is 5.82 Å². The van der Waals surface area contributed by atoms with E-state index in [1.54, 1.807) is 18.2 Å². The summed E-state index contributed by atoms with van der Waals surface area (Å²) >= 11 is 0. The second-order valence-electron chi connectivity index (χ2n) is 4.58. The summed E-state index contributed by atoms with van der Waals surface area (Å²) in [5.74, 6) is -0.520. The minimum Gasteiger partial charge on any atom is -0.293 e. The summed E-state index contributed by atoms with van der Waals surface area (Å²) < 4.78 is 13.5.